The summed E-state index contributed by atoms with van der Waals surface area (Å²) in [6, 6.07) is 5.04. The fourth-order valence-electron chi connectivity index (χ4n) is 0.822. The molecule has 0 spiro atoms. The number of rotatable bonds is 1. The zero-order valence-electron chi connectivity index (χ0n) is 5.70. The fraction of sp³-hybridized carbons (Fsp3) is 0.143. The Balaban J connectivity index is 3.14. The lowest BCUT2D eigenvalue weighted by molar-refractivity contribution is 0.617. The van der Waals surface area contributed by atoms with Gasteiger partial charge in [-0.2, -0.15) is 0 Å². The minimum atomic E-state index is -0.285. The molecule has 0 saturated carbocycles. The molecule has 0 aromatic heterocycles. The molecule has 1 aromatic carbocycles. The van der Waals surface area contributed by atoms with Crippen molar-refractivity contribution in [3.63, 3.8) is 0 Å². The Hall–Kier alpha value is -0.495. The second-order valence-electron chi connectivity index (χ2n) is 2.07. The summed E-state index contributed by atoms with van der Waals surface area (Å²) in [6.07, 6.45) is 0.687. The lowest BCUT2D eigenvalue weighted by Crippen LogP contribution is -1.89. The standard InChI is InChI=1S/C7H7BClF/c8-4-5-2-1-3-6(9)7(5)10/h1-3H,4,8H2. The normalized spacial score (nSPS) is 9.80. The third-order valence-electron chi connectivity index (χ3n) is 1.41. The smallest absolute Gasteiger partial charge is 0.144 e. The van der Waals surface area contributed by atoms with Crippen molar-refractivity contribution in [3.8, 4) is 0 Å². The zero-order chi connectivity index (χ0) is 7.56. The van der Waals surface area contributed by atoms with Crippen molar-refractivity contribution in [3.05, 3.63) is 34.6 Å². The van der Waals surface area contributed by atoms with Gasteiger partial charge in [-0.1, -0.05) is 30.1 Å². The Bertz CT molecular complexity index is 237. The molecule has 52 valence electrons. The molecule has 0 aliphatic heterocycles. The van der Waals surface area contributed by atoms with Gasteiger partial charge in [0.05, 0.1) is 5.02 Å². The van der Waals surface area contributed by atoms with Crippen molar-refractivity contribution in [2.24, 2.45) is 0 Å². The summed E-state index contributed by atoms with van der Waals surface area (Å²) in [5.41, 5.74) is 0.674. The molecule has 10 heavy (non-hydrogen) atoms. The van der Waals surface area contributed by atoms with Crippen LogP contribution in [0.4, 0.5) is 4.39 Å². The van der Waals surface area contributed by atoms with Crippen LogP contribution in [-0.2, 0) is 6.32 Å². The van der Waals surface area contributed by atoms with Crippen LogP contribution in [0.15, 0.2) is 18.2 Å². The molecule has 0 bridgehead atoms. The quantitative estimate of drug-likeness (QED) is 0.542. The molecule has 0 nitrogen and oxygen atoms in total. The summed E-state index contributed by atoms with van der Waals surface area (Å²) in [5.74, 6) is -0.285. The highest BCUT2D eigenvalue weighted by Gasteiger charge is 2.01. The summed E-state index contributed by atoms with van der Waals surface area (Å²) < 4.78 is 12.9. The molecule has 0 amide bonds. The minimum Gasteiger partial charge on any atom is -0.205 e. The second kappa shape index (κ2) is 3.06. The lowest BCUT2D eigenvalue weighted by atomic mass is 9.97. The highest BCUT2D eigenvalue weighted by atomic mass is 35.5. The van der Waals surface area contributed by atoms with Crippen LogP contribution in [0.1, 0.15) is 5.56 Å². The van der Waals surface area contributed by atoms with Crippen LogP contribution in [0.3, 0.4) is 0 Å². The average molecular weight is 156 g/mol. The molecule has 0 aliphatic carbocycles. The van der Waals surface area contributed by atoms with E-state index in [4.69, 9.17) is 11.6 Å². The first-order chi connectivity index (χ1) is 4.75. The van der Waals surface area contributed by atoms with Crippen LogP contribution < -0.4 is 0 Å². The Morgan fingerprint density at radius 2 is 2.20 bits per heavy atom. The first kappa shape index (κ1) is 7.61. The van der Waals surface area contributed by atoms with E-state index in [0.717, 1.165) is 0 Å². The predicted molar refractivity (Wildman–Crippen MR) is 43.7 cm³/mol. The number of halogens is 2. The van der Waals surface area contributed by atoms with E-state index < -0.39 is 0 Å². The molecule has 0 saturated heterocycles. The number of hydrogen-bond acceptors (Lipinski definition) is 0. The van der Waals surface area contributed by atoms with Gasteiger partial charge in [-0.3, -0.25) is 0 Å². The van der Waals surface area contributed by atoms with E-state index in [2.05, 4.69) is 0 Å². The molecule has 0 N–H and O–H groups in total. The molecule has 0 aliphatic rings. The van der Waals surface area contributed by atoms with E-state index in [1.54, 1.807) is 18.2 Å². The van der Waals surface area contributed by atoms with Crippen LogP contribution in [0.2, 0.25) is 5.02 Å². The van der Waals surface area contributed by atoms with Gasteiger partial charge in [-0.25, -0.2) is 4.39 Å². The SMILES string of the molecule is BCc1cccc(Cl)c1F. The van der Waals surface area contributed by atoms with Gasteiger partial charge < -0.3 is 0 Å². The molecular formula is C7H7BClF. The van der Waals surface area contributed by atoms with E-state index in [9.17, 15) is 4.39 Å². The van der Waals surface area contributed by atoms with Gasteiger partial charge in [0, 0.05) is 0 Å². The van der Waals surface area contributed by atoms with Crippen molar-refractivity contribution in [2.45, 2.75) is 6.32 Å². The van der Waals surface area contributed by atoms with Gasteiger partial charge in [0.1, 0.15) is 13.7 Å². The summed E-state index contributed by atoms with van der Waals surface area (Å²) in [4.78, 5) is 0. The average Bonchev–Trinajstić information content (AvgIpc) is 1.95. The van der Waals surface area contributed by atoms with Crippen LogP contribution in [0.25, 0.3) is 0 Å². The maximum atomic E-state index is 12.9. The third-order valence-corrected chi connectivity index (χ3v) is 1.70. The van der Waals surface area contributed by atoms with Gasteiger partial charge in [0.15, 0.2) is 0 Å². The summed E-state index contributed by atoms with van der Waals surface area (Å²) in [5, 5.41) is 0.208. The summed E-state index contributed by atoms with van der Waals surface area (Å²) >= 11 is 5.52. The monoisotopic (exact) mass is 156 g/mol. The van der Waals surface area contributed by atoms with Crippen molar-refractivity contribution >= 4 is 19.4 Å². The van der Waals surface area contributed by atoms with E-state index >= 15 is 0 Å². The van der Waals surface area contributed by atoms with E-state index in [1.807, 2.05) is 7.85 Å². The van der Waals surface area contributed by atoms with Gasteiger partial charge in [-0.05, 0) is 11.6 Å². The lowest BCUT2D eigenvalue weighted by Gasteiger charge is -1.98. The second-order valence-corrected chi connectivity index (χ2v) is 2.47. The van der Waals surface area contributed by atoms with Gasteiger partial charge in [0.2, 0.25) is 0 Å². The minimum absolute atomic E-state index is 0.208. The molecule has 0 unspecified atom stereocenters. The molecule has 0 atom stereocenters. The maximum absolute atomic E-state index is 12.9. The fourth-order valence-corrected chi connectivity index (χ4v) is 1.02. The molecule has 1 aromatic rings. The molecule has 3 heteroatoms. The highest BCUT2D eigenvalue weighted by molar-refractivity contribution is 6.30. The Morgan fingerprint density at radius 1 is 1.50 bits per heavy atom. The largest absolute Gasteiger partial charge is 0.205 e. The Kier molecular flexibility index (Phi) is 2.33. The van der Waals surface area contributed by atoms with Gasteiger partial charge in [-0.15, -0.1) is 0 Å². The van der Waals surface area contributed by atoms with Gasteiger partial charge >= 0.3 is 0 Å². The topological polar surface area (TPSA) is 0 Å². The van der Waals surface area contributed by atoms with E-state index in [-0.39, 0.29) is 10.8 Å². The van der Waals surface area contributed by atoms with Crippen molar-refractivity contribution in [1.29, 1.82) is 0 Å². The van der Waals surface area contributed by atoms with E-state index in [1.165, 1.54) is 0 Å². The van der Waals surface area contributed by atoms with Crippen LogP contribution in [0, 0.1) is 5.82 Å². The number of hydrogen-bond donors (Lipinski definition) is 0. The predicted octanol–water partition coefficient (Wildman–Crippen LogP) is 1.61. The third kappa shape index (κ3) is 1.32. The number of benzene rings is 1. The van der Waals surface area contributed by atoms with Crippen molar-refractivity contribution in [1.82, 2.24) is 0 Å². The molecule has 1 rings (SSSR count). The van der Waals surface area contributed by atoms with Crippen molar-refractivity contribution < 1.29 is 4.39 Å². The Morgan fingerprint density at radius 3 is 2.70 bits per heavy atom. The first-order valence-electron chi connectivity index (χ1n) is 3.18. The molecular weight excluding hydrogens is 149 g/mol. The Labute approximate surface area is 65.4 Å². The van der Waals surface area contributed by atoms with Crippen LogP contribution in [-0.4, -0.2) is 7.85 Å². The molecule has 0 heterocycles. The first-order valence-corrected chi connectivity index (χ1v) is 3.56. The van der Waals surface area contributed by atoms with Gasteiger partial charge in [0.25, 0.3) is 0 Å². The zero-order valence-corrected chi connectivity index (χ0v) is 6.45. The van der Waals surface area contributed by atoms with E-state index in [0.29, 0.717) is 11.9 Å². The van der Waals surface area contributed by atoms with Crippen molar-refractivity contribution in [2.75, 3.05) is 0 Å². The summed E-state index contributed by atoms with van der Waals surface area (Å²) in [7, 11) is 1.90. The molecule has 0 radical (unpaired) electrons. The van der Waals surface area contributed by atoms with Crippen LogP contribution in [0.5, 0.6) is 0 Å². The van der Waals surface area contributed by atoms with Crippen LogP contribution >= 0.6 is 11.6 Å². The molecule has 0 fully saturated rings. The maximum Gasteiger partial charge on any atom is 0.144 e. The summed E-state index contributed by atoms with van der Waals surface area (Å²) in [6.45, 7) is 0. The highest BCUT2D eigenvalue weighted by Crippen LogP contribution is 2.17.